The summed E-state index contributed by atoms with van der Waals surface area (Å²) in [4.78, 5) is 25.2. The molecule has 2 rings (SSSR count). The number of para-hydroxylation sites is 1. The molecule has 1 aliphatic heterocycles. The smallest absolute Gasteiger partial charge is 0.408 e. The third-order valence-corrected chi connectivity index (χ3v) is 3.65. The maximum atomic E-state index is 11.1. The molecule has 6 heteroatoms. The van der Waals surface area contributed by atoms with Gasteiger partial charge in [0.1, 0.15) is 6.04 Å². The van der Waals surface area contributed by atoms with E-state index in [0.717, 1.165) is 10.6 Å². The first kappa shape index (κ1) is 14.2. The van der Waals surface area contributed by atoms with Gasteiger partial charge in [-0.1, -0.05) is 18.2 Å². The number of anilines is 1. The first-order valence-corrected chi connectivity index (χ1v) is 6.47. The monoisotopic (exact) mass is 278 g/mol. The van der Waals surface area contributed by atoms with Gasteiger partial charge in [-0.25, -0.2) is 9.59 Å². The van der Waals surface area contributed by atoms with E-state index >= 15 is 0 Å². The van der Waals surface area contributed by atoms with Crippen LogP contribution in [0.5, 0.6) is 0 Å². The summed E-state index contributed by atoms with van der Waals surface area (Å²) in [5.41, 5.74) is 1.04. The fourth-order valence-corrected chi connectivity index (χ4v) is 2.68. The highest BCUT2D eigenvalue weighted by Gasteiger charge is 2.39. The van der Waals surface area contributed by atoms with Crippen LogP contribution in [0.3, 0.4) is 0 Å². The van der Waals surface area contributed by atoms with Crippen molar-refractivity contribution in [2.75, 3.05) is 25.0 Å². The summed E-state index contributed by atoms with van der Waals surface area (Å²) in [6, 6.07) is 8.81. The molecule has 0 spiro atoms. The predicted octanol–water partition coefficient (Wildman–Crippen LogP) is 1.58. The van der Waals surface area contributed by atoms with Gasteiger partial charge in [-0.05, 0) is 24.5 Å². The lowest BCUT2D eigenvalue weighted by Crippen LogP contribution is -2.39. The molecule has 1 heterocycles. The van der Waals surface area contributed by atoms with Crippen LogP contribution in [0, 0.1) is 5.92 Å². The number of likely N-dealkylation sites (tertiary alicyclic amines) is 1. The second-order valence-electron chi connectivity index (χ2n) is 5.11. The van der Waals surface area contributed by atoms with Crippen molar-refractivity contribution in [1.29, 1.82) is 0 Å². The molecule has 1 aromatic carbocycles. The van der Waals surface area contributed by atoms with Crippen LogP contribution in [-0.2, 0) is 4.79 Å². The lowest BCUT2D eigenvalue weighted by molar-refractivity contribution is -0.141. The van der Waals surface area contributed by atoms with E-state index in [-0.39, 0.29) is 12.5 Å². The van der Waals surface area contributed by atoms with Crippen molar-refractivity contribution in [3.63, 3.8) is 0 Å². The van der Waals surface area contributed by atoms with Crippen LogP contribution in [-0.4, -0.2) is 53.4 Å². The second kappa shape index (κ2) is 5.81. The number of benzene rings is 1. The van der Waals surface area contributed by atoms with E-state index in [1.165, 1.54) is 0 Å². The Labute approximate surface area is 117 Å². The zero-order valence-electron chi connectivity index (χ0n) is 11.3. The average molecular weight is 278 g/mol. The summed E-state index contributed by atoms with van der Waals surface area (Å²) in [5.74, 6) is -1.05. The number of rotatable bonds is 4. The fourth-order valence-electron chi connectivity index (χ4n) is 2.68. The molecule has 1 saturated heterocycles. The highest BCUT2D eigenvalue weighted by Crippen LogP contribution is 2.25. The minimum atomic E-state index is -1.16. The summed E-state index contributed by atoms with van der Waals surface area (Å²) in [5, 5.41) is 18.1. The molecule has 6 nitrogen and oxygen atoms in total. The molecule has 0 bridgehead atoms. The Kier molecular flexibility index (Phi) is 4.12. The molecule has 0 aliphatic carbocycles. The number of amides is 1. The average Bonchev–Trinajstić information content (AvgIpc) is 2.84. The van der Waals surface area contributed by atoms with Crippen molar-refractivity contribution in [3.05, 3.63) is 30.3 Å². The summed E-state index contributed by atoms with van der Waals surface area (Å²) in [6.45, 7) is 0.904. The molecule has 20 heavy (non-hydrogen) atoms. The number of hydrogen-bond acceptors (Lipinski definition) is 3. The third-order valence-electron chi connectivity index (χ3n) is 3.65. The van der Waals surface area contributed by atoms with Crippen molar-refractivity contribution in [3.8, 4) is 0 Å². The van der Waals surface area contributed by atoms with Crippen molar-refractivity contribution in [2.45, 2.75) is 12.5 Å². The Morgan fingerprint density at radius 2 is 1.95 bits per heavy atom. The molecule has 1 aliphatic rings. The summed E-state index contributed by atoms with van der Waals surface area (Å²) in [7, 11) is 1.93. The van der Waals surface area contributed by atoms with Gasteiger partial charge in [-0.15, -0.1) is 0 Å². The molecular formula is C14H18N2O4. The Morgan fingerprint density at radius 3 is 2.45 bits per heavy atom. The lowest BCUT2D eigenvalue weighted by Gasteiger charge is -2.23. The largest absolute Gasteiger partial charge is 0.480 e. The maximum Gasteiger partial charge on any atom is 0.408 e. The zero-order chi connectivity index (χ0) is 14.7. The van der Waals surface area contributed by atoms with Gasteiger partial charge < -0.3 is 15.1 Å². The molecule has 0 saturated carbocycles. The summed E-state index contributed by atoms with van der Waals surface area (Å²) >= 11 is 0. The van der Waals surface area contributed by atoms with Crippen LogP contribution in [0.15, 0.2) is 30.3 Å². The second-order valence-corrected chi connectivity index (χ2v) is 5.11. The normalized spacial score (nSPS) is 21.8. The van der Waals surface area contributed by atoms with E-state index in [4.69, 9.17) is 10.2 Å². The van der Waals surface area contributed by atoms with Crippen LogP contribution >= 0.6 is 0 Å². The molecule has 1 aromatic rings. The van der Waals surface area contributed by atoms with Gasteiger partial charge in [0.25, 0.3) is 0 Å². The molecule has 2 N–H and O–H groups in total. The van der Waals surface area contributed by atoms with E-state index < -0.39 is 18.1 Å². The number of nitrogens with zero attached hydrogens (tertiary/aromatic N) is 2. The quantitative estimate of drug-likeness (QED) is 0.874. The van der Waals surface area contributed by atoms with Gasteiger partial charge in [0.15, 0.2) is 0 Å². The van der Waals surface area contributed by atoms with Gasteiger partial charge in [0, 0.05) is 25.8 Å². The number of carboxylic acids is 1. The van der Waals surface area contributed by atoms with Gasteiger partial charge in [0.2, 0.25) is 0 Å². The fraction of sp³-hybridized carbons (Fsp3) is 0.429. The molecule has 1 amide bonds. The molecule has 0 aromatic heterocycles. The standard InChI is InChI=1S/C14H18N2O4/c1-15(11-5-3-2-4-6-11)8-10-7-12(13(17)18)16(9-10)14(19)20/h2-6,10,12H,7-9H2,1H3,(H,17,18)(H,19,20). The van der Waals surface area contributed by atoms with Crippen LogP contribution in [0.1, 0.15) is 6.42 Å². The van der Waals surface area contributed by atoms with E-state index in [2.05, 4.69) is 0 Å². The minimum absolute atomic E-state index is 0.0254. The van der Waals surface area contributed by atoms with Gasteiger partial charge >= 0.3 is 12.1 Å². The number of carboxylic acid groups (broad SMARTS) is 2. The van der Waals surface area contributed by atoms with Crippen LogP contribution in [0.2, 0.25) is 0 Å². The number of hydrogen-bond donors (Lipinski definition) is 2. The Balaban J connectivity index is 2.01. The van der Waals surface area contributed by atoms with Crippen LogP contribution in [0.25, 0.3) is 0 Å². The molecular weight excluding hydrogens is 260 g/mol. The van der Waals surface area contributed by atoms with Crippen molar-refractivity contribution >= 4 is 17.7 Å². The summed E-state index contributed by atoms with van der Waals surface area (Å²) in [6.07, 6.45) is -0.805. The maximum absolute atomic E-state index is 11.1. The van der Waals surface area contributed by atoms with E-state index in [1.807, 2.05) is 42.3 Å². The van der Waals surface area contributed by atoms with Crippen LogP contribution < -0.4 is 4.90 Å². The molecule has 108 valence electrons. The highest BCUT2D eigenvalue weighted by molar-refractivity contribution is 5.80. The predicted molar refractivity (Wildman–Crippen MR) is 74.0 cm³/mol. The summed E-state index contributed by atoms with van der Waals surface area (Å²) < 4.78 is 0. The lowest BCUT2D eigenvalue weighted by atomic mass is 10.0. The SMILES string of the molecule is CN(CC1CC(C(=O)O)N(C(=O)O)C1)c1ccccc1. The van der Waals surface area contributed by atoms with E-state index in [0.29, 0.717) is 13.0 Å². The minimum Gasteiger partial charge on any atom is -0.480 e. The Hall–Kier alpha value is -2.24. The third kappa shape index (κ3) is 3.01. The van der Waals surface area contributed by atoms with Crippen LogP contribution in [0.4, 0.5) is 10.5 Å². The topological polar surface area (TPSA) is 81.1 Å². The number of carbonyl (C=O) groups is 2. The molecule has 0 radical (unpaired) electrons. The Morgan fingerprint density at radius 1 is 1.30 bits per heavy atom. The molecule has 2 atom stereocenters. The first-order valence-electron chi connectivity index (χ1n) is 6.47. The Bertz CT molecular complexity index is 469. The van der Waals surface area contributed by atoms with Crippen molar-refractivity contribution < 1.29 is 19.8 Å². The van der Waals surface area contributed by atoms with Crippen molar-refractivity contribution in [1.82, 2.24) is 4.90 Å². The van der Waals surface area contributed by atoms with E-state index in [1.54, 1.807) is 0 Å². The molecule has 1 fully saturated rings. The van der Waals surface area contributed by atoms with E-state index in [9.17, 15) is 9.59 Å². The van der Waals surface area contributed by atoms with Gasteiger partial charge in [0.05, 0.1) is 0 Å². The highest BCUT2D eigenvalue weighted by atomic mass is 16.4. The zero-order valence-corrected chi connectivity index (χ0v) is 11.3. The molecule has 2 unspecified atom stereocenters. The number of aliphatic carboxylic acids is 1. The van der Waals surface area contributed by atoms with Crippen molar-refractivity contribution in [2.24, 2.45) is 5.92 Å². The van der Waals surface area contributed by atoms with Gasteiger partial charge in [-0.2, -0.15) is 0 Å². The first-order chi connectivity index (χ1) is 9.49. The van der Waals surface area contributed by atoms with Gasteiger partial charge in [-0.3, -0.25) is 4.90 Å².